The van der Waals surface area contributed by atoms with Crippen LogP contribution in [0.25, 0.3) is 0 Å². The summed E-state index contributed by atoms with van der Waals surface area (Å²) in [5.41, 5.74) is 9.40. The van der Waals surface area contributed by atoms with Crippen molar-refractivity contribution in [2.24, 2.45) is 5.73 Å². The molecule has 9 heteroatoms. The number of carbonyl (C=O) groups is 2. The molecule has 8 nitrogen and oxygen atoms in total. The number of para-hydroxylation sites is 1. The lowest BCUT2D eigenvalue weighted by Crippen LogP contribution is -2.48. The molecular weight excluding hydrogens is 562 g/mol. The minimum atomic E-state index is -3.81. The van der Waals surface area contributed by atoms with Gasteiger partial charge < -0.3 is 15.8 Å². The molecule has 1 heterocycles. The molecule has 3 N–H and O–H groups in total. The van der Waals surface area contributed by atoms with E-state index in [0.29, 0.717) is 24.1 Å². The Hall–Kier alpha value is -4.47. The molecule has 0 unspecified atom stereocenters. The molecule has 43 heavy (non-hydrogen) atoms. The van der Waals surface area contributed by atoms with E-state index in [1.165, 1.54) is 10.4 Å². The van der Waals surface area contributed by atoms with Gasteiger partial charge in [-0.3, -0.25) is 9.59 Å². The highest BCUT2D eigenvalue weighted by molar-refractivity contribution is 7.92. The van der Waals surface area contributed by atoms with Gasteiger partial charge in [-0.2, -0.15) is 0 Å². The van der Waals surface area contributed by atoms with Crippen molar-refractivity contribution in [3.05, 3.63) is 131 Å². The fraction of sp³-hybridized carbons (Fsp3) is 0.235. The number of cyclic esters (lactones) is 1. The van der Waals surface area contributed by atoms with Gasteiger partial charge in [-0.1, -0.05) is 72.8 Å². The van der Waals surface area contributed by atoms with Crippen LogP contribution in [0.3, 0.4) is 0 Å². The van der Waals surface area contributed by atoms with Gasteiger partial charge in [-0.25, -0.2) is 12.7 Å². The molecule has 5 rings (SSSR count). The Morgan fingerprint density at radius 3 is 2.21 bits per heavy atom. The summed E-state index contributed by atoms with van der Waals surface area (Å²) in [6.07, 6.45) is 2.66. The Balaban J connectivity index is 1.61. The van der Waals surface area contributed by atoms with Gasteiger partial charge >= 0.3 is 5.97 Å². The van der Waals surface area contributed by atoms with Crippen molar-refractivity contribution < 1.29 is 22.7 Å². The van der Waals surface area contributed by atoms with Crippen LogP contribution in [-0.4, -0.2) is 32.1 Å². The number of nitrogens with two attached hydrogens (primary N) is 1. The van der Waals surface area contributed by atoms with E-state index in [1.54, 1.807) is 49.4 Å². The van der Waals surface area contributed by atoms with Crippen LogP contribution in [0.4, 0.5) is 11.4 Å². The number of ether oxygens (including phenoxy) is 1. The number of anilines is 2. The van der Waals surface area contributed by atoms with Crippen molar-refractivity contribution in [2.75, 3.05) is 10.6 Å². The Bertz CT molecular complexity index is 1720. The quantitative estimate of drug-likeness (QED) is 0.312. The smallest absolute Gasteiger partial charge is 0.326 e. The van der Waals surface area contributed by atoms with E-state index < -0.39 is 21.5 Å². The lowest BCUT2D eigenvalue weighted by atomic mass is 9.91. The minimum absolute atomic E-state index is 0.200. The molecule has 222 valence electrons. The molecule has 0 saturated heterocycles. The minimum Gasteiger partial charge on any atom is -0.459 e. The first-order valence-corrected chi connectivity index (χ1v) is 15.9. The number of aryl methyl sites for hydroxylation is 1. The Kier molecular flexibility index (Phi) is 8.66. The van der Waals surface area contributed by atoms with Gasteiger partial charge in [-0.15, -0.1) is 0 Å². The van der Waals surface area contributed by atoms with Crippen molar-refractivity contribution in [1.82, 2.24) is 5.32 Å². The number of esters is 1. The van der Waals surface area contributed by atoms with Gasteiger partial charge in [0.2, 0.25) is 10.0 Å². The molecule has 1 amide bonds. The molecule has 0 spiro atoms. The summed E-state index contributed by atoms with van der Waals surface area (Å²) >= 11 is 0. The van der Waals surface area contributed by atoms with E-state index in [1.807, 2.05) is 54.6 Å². The summed E-state index contributed by atoms with van der Waals surface area (Å²) < 4.78 is 32.9. The lowest BCUT2D eigenvalue weighted by molar-refractivity contribution is -0.150. The molecule has 2 atom stereocenters. The average molecular weight is 598 g/mol. The molecular formula is C34H35N3O5S. The highest BCUT2D eigenvalue weighted by Crippen LogP contribution is 2.31. The third-order valence-corrected chi connectivity index (χ3v) is 8.51. The SMILES string of the molecule is C[C@@]1(N)Cc2cccc(c2)CC[C@H](c2ccccc2)NC(=O)c2cc(cc(N(c3ccccc3)S(C)(=O)=O)c2)COC1=O. The maximum absolute atomic E-state index is 13.9. The summed E-state index contributed by atoms with van der Waals surface area (Å²) in [5, 5.41) is 3.16. The maximum Gasteiger partial charge on any atom is 0.326 e. The van der Waals surface area contributed by atoms with Crippen LogP contribution in [0.1, 0.15) is 52.0 Å². The second-order valence-corrected chi connectivity index (χ2v) is 13.0. The standard InChI is InChI=1S/C34H35N3O5S/c1-34(35)22-25-11-9-10-24(18-25)16-17-31(27-12-5-3-6-13-27)36-32(38)28-19-26(23-42-33(34)39)20-30(21-28)37(43(2,40)41)29-14-7-4-8-15-29/h3-15,18-21,31H,16-17,22-23,35H2,1-2H3,(H,36,38)/t31-,34-/m1/s1. The van der Waals surface area contributed by atoms with Gasteiger partial charge in [0.25, 0.3) is 5.91 Å². The third-order valence-electron chi connectivity index (χ3n) is 7.42. The summed E-state index contributed by atoms with van der Waals surface area (Å²) in [7, 11) is -3.81. The van der Waals surface area contributed by atoms with Crippen LogP contribution in [0.5, 0.6) is 0 Å². The van der Waals surface area contributed by atoms with E-state index in [4.69, 9.17) is 10.5 Å². The number of nitrogens with zero attached hydrogens (tertiary/aromatic N) is 1. The number of hydrogen-bond donors (Lipinski definition) is 2. The van der Waals surface area contributed by atoms with Crippen LogP contribution in [0, 0.1) is 0 Å². The van der Waals surface area contributed by atoms with Crippen molar-refractivity contribution in [2.45, 2.75) is 44.4 Å². The first-order chi connectivity index (χ1) is 20.5. The Labute approximate surface area is 252 Å². The third kappa shape index (κ3) is 7.31. The molecule has 4 bridgehead atoms. The average Bonchev–Trinajstić information content (AvgIpc) is 2.97. The second-order valence-electron chi connectivity index (χ2n) is 11.2. The topological polar surface area (TPSA) is 119 Å². The van der Waals surface area contributed by atoms with Crippen LogP contribution in [0.15, 0.2) is 103 Å². The number of nitrogens with one attached hydrogen (secondary N) is 1. The summed E-state index contributed by atoms with van der Waals surface area (Å²) in [6, 6.07) is 30.7. The molecule has 1 aliphatic heterocycles. The van der Waals surface area contributed by atoms with E-state index >= 15 is 0 Å². The number of rotatable bonds is 4. The lowest BCUT2D eigenvalue weighted by Gasteiger charge is -2.26. The number of carbonyl (C=O) groups excluding carboxylic acids is 2. The van der Waals surface area contributed by atoms with Gasteiger partial charge in [0, 0.05) is 12.0 Å². The molecule has 0 fully saturated rings. The molecule has 4 aromatic carbocycles. The second kappa shape index (κ2) is 12.4. The molecule has 0 saturated carbocycles. The van der Waals surface area contributed by atoms with Gasteiger partial charge in [-0.05, 0) is 72.4 Å². The first-order valence-electron chi connectivity index (χ1n) is 14.1. The zero-order chi connectivity index (χ0) is 30.6. The van der Waals surface area contributed by atoms with Crippen LogP contribution >= 0.6 is 0 Å². The molecule has 1 aliphatic rings. The van der Waals surface area contributed by atoms with Crippen LogP contribution in [0.2, 0.25) is 0 Å². The largest absolute Gasteiger partial charge is 0.459 e. The molecule has 0 aromatic heterocycles. The Morgan fingerprint density at radius 1 is 0.837 bits per heavy atom. The number of sulfonamides is 1. The monoisotopic (exact) mass is 597 g/mol. The first kappa shape index (κ1) is 30.0. The zero-order valence-corrected chi connectivity index (χ0v) is 25.0. The highest BCUT2D eigenvalue weighted by atomic mass is 32.2. The fourth-order valence-electron chi connectivity index (χ4n) is 5.37. The number of hydrogen-bond acceptors (Lipinski definition) is 6. The van der Waals surface area contributed by atoms with E-state index in [-0.39, 0.29) is 36.2 Å². The van der Waals surface area contributed by atoms with E-state index in [0.717, 1.165) is 22.9 Å². The molecule has 0 aliphatic carbocycles. The van der Waals surface area contributed by atoms with Gasteiger partial charge in [0.15, 0.2) is 0 Å². The van der Waals surface area contributed by atoms with Crippen molar-refractivity contribution in [1.29, 1.82) is 0 Å². The van der Waals surface area contributed by atoms with Gasteiger partial charge in [0.1, 0.15) is 12.1 Å². The highest BCUT2D eigenvalue weighted by Gasteiger charge is 2.31. The van der Waals surface area contributed by atoms with Crippen LogP contribution < -0.4 is 15.4 Å². The van der Waals surface area contributed by atoms with Crippen molar-refractivity contribution in [3.63, 3.8) is 0 Å². The van der Waals surface area contributed by atoms with Gasteiger partial charge in [0.05, 0.1) is 23.7 Å². The van der Waals surface area contributed by atoms with E-state index in [2.05, 4.69) is 5.32 Å². The predicted octanol–water partition coefficient (Wildman–Crippen LogP) is 5.20. The predicted molar refractivity (Wildman–Crippen MR) is 167 cm³/mol. The van der Waals surface area contributed by atoms with Crippen molar-refractivity contribution in [3.8, 4) is 0 Å². The van der Waals surface area contributed by atoms with E-state index in [9.17, 15) is 18.0 Å². The number of benzene rings is 4. The summed E-state index contributed by atoms with van der Waals surface area (Å²) in [5.74, 6) is -0.983. The molecule has 0 radical (unpaired) electrons. The maximum atomic E-state index is 13.9. The normalized spacial score (nSPS) is 19.7. The number of amides is 1. The summed E-state index contributed by atoms with van der Waals surface area (Å²) in [4.78, 5) is 27.0. The van der Waals surface area contributed by atoms with Crippen LogP contribution in [-0.2, 0) is 39.0 Å². The fourth-order valence-corrected chi connectivity index (χ4v) is 6.36. The van der Waals surface area contributed by atoms with Crippen molar-refractivity contribution >= 4 is 33.3 Å². The molecule has 4 aromatic rings. The zero-order valence-electron chi connectivity index (χ0n) is 24.2. The summed E-state index contributed by atoms with van der Waals surface area (Å²) in [6.45, 7) is 1.43. The number of fused-ring (bicyclic) bond motifs is 4. The Morgan fingerprint density at radius 2 is 1.51 bits per heavy atom.